The van der Waals surface area contributed by atoms with Crippen LogP contribution in [-0.2, 0) is 9.53 Å². The van der Waals surface area contributed by atoms with Gasteiger partial charge in [0, 0.05) is 29.5 Å². The molecule has 5 rings (SSSR count). The van der Waals surface area contributed by atoms with Gasteiger partial charge >= 0.3 is 5.97 Å². The molecule has 0 bridgehead atoms. The Morgan fingerprint density at radius 1 is 1.15 bits per heavy atom. The largest absolute Gasteiger partial charge is 0.497 e. The number of hydrogen-bond acceptors (Lipinski definition) is 9. The fraction of sp³-hybridized carbons (Fsp3) is 0.179. The summed E-state index contributed by atoms with van der Waals surface area (Å²) < 4.78 is 18.3. The fourth-order valence-electron chi connectivity index (χ4n) is 4.31. The normalized spacial score (nSPS) is 15.1. The molecule has 0 amide bonds. The smallest absolute Gasteiger partial charge is 0.338 e. The van der Waals surface area contributed by atoms with E-state index in [-0.39, 0.29) is 17.9 Å². The molecule has 39 heavy (non-hydrogen) atoms. The molecule has 0 N–H and O–H groups in total. The van der Waals surface area contributed by atoms with E-state index in [1.54, 1.807) is 63.4 Å². The maximum absolute atomic E-state index is 13.4. The number of ether oxygens (including phenoxy) is 2. The first-order valence-electron chi connectivity index (χ1n) is 12.0. The molecule has 1 atom stereocenters. The molecule has 2 aromatic carbocycles. The van der Waals surface area contributed by atoms with Gasteiger partial charge in [-0.05, 0) is 55.8 Å². The van der Waals surface area contributed by atoms with Crippen LogP contribution in [0.3, 0.4) is 0 Å². The minimum Gasteiger partial charge on any atom is -0.497 e. The number of nitrogens with zero attached hydrogens (tertiary/aromatic N) is 3. The van der Waals surface area contributed by atoms with Crippen molar-refractivity contribution in [2.45, 2.75) is 19.9 Å². The van der Waals surface area contributed by atoms with E-state index in [9.17, 15) is 19.7 Å². The molecule has 0 aliphatic carbocycles. The van der Waals surface area contributed by atoms with Gasteiger partial charge in [-0.3, -0.25) is 19.5 Å². The SMILES string of the molecule is CCOC(=O)C1=C(C)n2c(sc(=Cc3ccc(-c4ccc([N+](=O)[O-])cc4)o3)c2=O)=NC1c1ccc(OC)cc1. The number of carbonyl (C=O) groups is 1. The highest BCUT2D eigenvalue weighted by atomic mass is 32.1. The van der Waals surface area contributed by atoms with E-state index in [1.807, 2.05) is 12.1 Å². The zero-order chi connectivity index (χ0) is 27.7. The van der Waals surface area contributed by atoms with Crippen LogP contribution in [0.4, 0.5) is 5.69 Å². The molecule has 10 nitrogen and oxygen atoms in total. The van der Waals surface area contributed by atoms with Gasteiger partial charge in [0.15, 0.2) is 4.80 Å². The minimum atomic E-state index is -0.654. The van der Waals surface area contributed by atoms with Crippen LogP contribution in [0, 0.1) is 10.1 Å². The second kappa shape index (κ2) is 10.5. The van der Waals surface area contributed by atoms with Crippen molar-refractivity contribution >= 4 is 34.8 Å². The topological polar surface area (TPSA) is 126 Å². The van der Waals surface area contributed by atoms with Crippen LogP contribution in [0.2, 0.25) is 0 Å². The molecule has 4 aromatic rings. The molecule has 0 spiro atoms. The van der Waals surface area contributed by atoms with E-state index in [1.165, 1.54) is 28.0 Å². The van der Waals surface area contributed by atoms with Crippen molar-refractivity contribution in [2.24, 2.45) is 4.99 Å². The van der Waals surface area contributed by atoms with Gasteiger partial charge in [-0.25, -0.2) is 9.79 Å². The second-order valence-electron chi connectivity index (χ2n) is 8.56. The van der Waals surface area contributed by atoms with Crippen molar-refractivity contribution in [2.75, 3.05) is 13.7 Å². The van der Waals surface area contributed by atoms with Gasteiger partial charge in [-0.15, -0.1) is 0 Å². The lowest BCUT2D eigenvalue weighted by atomic mass is 9.96. The van der Waals surface area contributed by atoms with E-state index in [0.717, 1.165) is 5.56 Å². The predicted molar refractivity (Wildman–Crippen MR) is 145 cm³/mol. The second-order valence-corrected chi connectivity index (χ2v) is 9.57. The Morgan fingerprint density at radius 2 is 1.87 bits per heavy atom. The Labute approximate surface area is 225 Å². The number of aromatic nitrogens is 1. The Hall–Kier alpha value is -4.77. The number of nitro benzene ring substituents is 1. The number of benzene rings is 2. The Balaban J connectivity index is 1.58. The van der Waals surface area contributed by atoms with Crippen LogP contribution in [-0.4, -0.2) is 29.2 Å². The number of methoxy groups -OCH3 is 1. The molecular formula is C28H23N3O7S. The van der Waals surface area contributed by atoms with Gasteiger partial charge in [-0.2, -0.15) is 0 Å². The van der Waals surface area contributed by atoms with Crippen molar-refractivity contribution < 1.29 is 23.6 Å². The van der Waals surface area contributed by atoms with Crippen LogP contribution in [0.15, 0.2) is 80.4 Å². The summed E-state index contributed by atoms with van der Waals surface area (Å²) in [5.74, 6) is 1.07. The number of furan rings is 1. The number of allylic oxidation sites excluding steroid dienone is 1. The zero-order valence-electron chi connectivity index (χ0n) is 21.2. The highest BCUT2D eigenvalue weighted by Crippen LogP contribution is 2.33. The van der Waals surface area contributed by atoms with Gasteiger partial charge in [0.1, 0.15) is 27.8 Å². The lowest BCUT2D eigenvalue weighted by molar-refractivity contribution is -0.384. The molecule has 11 heteroatoms. The number of esters is 1. The summed E-state index contributed by atoms with van der Waals surface area (Å²) in [6.45, 7) is 3.61. The number of carbonyl (C=O) groups excluding carboxylic acids is 1. The number of nitro groups is 1. The monoisotopic (exact) mass is 545 g/mol. The maximum atomic E-state index is 13.4. The molecule has 1 unspecified atom stereocenters. The molecule has 0 radical (unpaired) electrons. The van der Waals surface area contributed by atoms with Gasteiger partial charge in [0.05, 0.1) is 24.2 Å². The van der Waals surface area contributed by atoms with Crippen LogP contribution < -0.4 is 19.6 Å². The van der Waals surface area contributed by atoms with E-state index >= 15 is 0 Å². The third-order valence-electron chi connectivity index (χ3n) is 6.23. The number of hydrogen-bond donors (Lipinski definition) is 0. The minimum absolute atomic E-state index is 0.0170. The molecule has 198 valence electrons. The van der Waals surface area contributed by atoms with Crippen LogP contribution >= 0.6 is 11.3 Å². The van der Waals surface area contributed by atoms with Crippen molar-refractivity contribution in [3.05, 3.63) is 107 Å². The standard InChI is InChI=1S/C28H23N3O7S/c1-4-37-27(33)24-16(2)30-26(32)23(39-28(30)29-25(24)18-7-11-20(36-3)12-8-18)15-21-13-14-22(38-21)17-5-9-19(10-6-17)31(34)35/h5-15,25H,4H2,1-3H3. The van der Waals surface area contributed by atoms with Crippen molar-refractivity contribution in [3.63, 3.8) is 0 Å². The third kappa shape index (κ3) is 4.91. The lowest BCUT2D eigenvalue weighted by Gasteiger charge is -2.22. The number of non-ortho nitro benzene ring substituents is 1. The molecule has 3 heterocycles. The van der Waals surface area contributed by atoms with Gasteiger partial charge in [0.2, 0.25) is 0 Å². The predicted octanol–water partition coefficient (Wildman–Crippen LogP) is 4.08. The average Bonchev–Trinajstić information content (AvgIpc) is 3.53. The quantitative estimate of drug-likeness (QED) is 0.195. The molecule has 1 aliphatic rings. The zero-order valence-corrected chi connectivity index (χ0v) is 22.1. The average molecular weight is 546 g/mol. The molecule has 1 aliphatic heterocycles. The van der Waals surface area contributed by atoms with Crippen molar-refractivity contribution in [3.8, 4) is 17.1 Å². The summed E-state index contributed by atoms with van der Waals surface area (Å²) in [5.41, 5.74) is 1.81. The number of fused-ring (bicyclic) bond motifs is 1. The molecular weight excluding hydrogens is 522 g/mol. The first kappa shape index (κ1) is 25.9. The highest BCUT2D eigenvalue weighted by Gasteiger charge is 2.31. The number of thiazole rings is 1. The van der Waals surface area contributed by atoms with Gasteiger partial charge in [-0.1, -0.05) is 23.5 Å². The third-order valence-corrected chi connectivity index (χ3v) is 7.22. The van der Waals surface area contributed by atoms with E-state index in [4.69, 9.17) is 18.9 Å². The number of rotatable bonds is 7. The van der Waals surface area contributed by atoms with Crippen LogP contribution in [0.5, 0.6) is 5.75 Å². The molecule has 0 saturated heterocycles. The lowest BCUT2D eigenvalue weighted by Crippen LogP contribution is -2.35. The summed E-state index contributed by atoms with van der Waals surface area (Å²) in [4.78, 5) is 42.1. The van der Waals surface area contributed by atoms with Gasteiger partial charge in [0.25, 0.3) is 11.2 Å². The first-order chi connectivity index (χ1) is 18.8. The maximum Gasteiger partial charge on any atom is 0.338 e. The molecule has 0 fully saturated rings. The highest BCUT2D eigenvalue weighted by molar-refractivity contribution is 7.07. The summed E-state index contributed by atoms with van der Waals surface area (Å²) in [5, 5.41) is 10.9. The van der Waals surface area contributed by atoms with E-state index in [2.05, 4.69) is 0 Å². The van der Waals surface area contributed by atoms with E-state index < -0.39 is 16.9 Å². The fourth-order valence-corrected chi connectivity index (χ4v) is 5.33. The summed E-state index contributed by atoms with van der Waals surface area (Å²) in [7, 11) is 1.57. The Morgan fingerprint density at radius 3 is 2.51 bits per heavy atom. The van der Waals surface area contributed by atoms with Crippen LogP contribution in [0.1, 0.15) is 31.2 Å². The van der Waals surface area contributed by atoms with E-state index in [0.29, 0.717) is 43.4 Å². The molecule has 0 saturated carbocycles. The Kier molecular flexibility index (Phi) is 6.99. The van der Waals surface area contributed by atoms with Crippen molar-refractivity contribution in [1.82, 2.24) is 4.57 Å². The van der Waals surface area contributed by atoms with Crippen molar-refractivity contribution in [1.29, 1.82) is 0 Å². The summed E-state index contributed by atoms with van der Waals surface area (Å²) in [6, 6.07) is 16.0. The first-order valence-corrected chi connectivity index (χ1v) is 12.8. The van der Waals surface area contributed by atoms with Crippen LogP contribution in [0.25, 0.3) is 23.1 Å². The summed E-state index contributed by atoms with van der Waals surface area (Å²) in [6.07, 6.45) is 1.61. The molecule has 2 aromatic heterocycles. The van der Waals surface area contributed by atoms with Gasteiger partial charge < -0.3 is 13.9 Å². The summed E-state index contributed by atoms with van der Waals surface area (Å²) >= 11 is 1.19. The Bertz CT molecular complexity index is 1780.